The van der Waals surface area contributed by atoms with Crippen LogP contribution in [-0.4, -0.2) is 5.84 Å². The quantitative estimate of drug-likeness (QED) is 0.747. The molecule has 26 heavy (non-hydrogen) atoms. The van der Waals surface area contributed by atoms with Crippen molar-refractivity contribution in [3.63, 3.8) is 0 Å². The zero-order valence-corrected chi connectivity index (χ0v) is 15.3. The molecule has 0 unspecified atom stereocenters. The second kappa shape index (κ2) is 6.56. The van der Waals surface area contributed by atoms with Crippen LogP contribution in [0.2, 0.25) is 0 Å². The molecular weight excluding hydrogens is 320 g/mol. The van der Waals surface area contributed by atoms with Crippen LogP contribution in [0.3, 0.4) is 0 Å². The Morgan fingerprint density at radius 3 is 1.81 bits per heavy atom. The van der Waals surface area contributed by atoms with E-state index in [2.05, 4.69) is 103 Å². The van der Waals surface area contributed by atoms with Gasteiger partial charge in [0.15, 0.2) is 5.84 Å². The number of nitrogens with one attached hydrogen (secondary N) is 1. The number of aryl methyl sites for hydroxylation is 3. The van der Waals surface area contributed by atoms with E-state index in [-0.39, 0.29) is 0 Å². The number of amidine groups is 1. The van der Waals surface area contributed by atoms with E-state index in [1.54, 1.807) is 0 Å². The normalized spacial score (nSPS) is 13.6. The van der Waals surface area contributed by atoms with Crippen molar-refractivity contribution in [3.8, 4) is 0 Å². The first-order valence-electron chi connectivity index (χ1n) is 8.77. The van der Waals surface area contributed by atoms with E-state index < -0.39 is 0 Å². The second-order valence-corrected chi connectivity index (χ2v) is 6.55. The minimum Gasteiger partial charge on any atom is -0.213 e. The number of hydrazine groups is 2. The second-order valence-electron chi connectivity index (χ2n) is 6.55. The number of benzene rings is 3. The summed E-state index contributed by atoms with van der Waals surface area (Å²) < 4.78 is 0. The molecule has 0 bridgehead atoms. The van der Waals surface area contributed by atoms with Crippen LogP contribution in [0, 0.1) is 20.8 Å². The van der Waals surface area contributed by atoms with Gasteiger partial charge in [-0.2, -0.15) is 10.7 Å². The lowest BCUT2D eigenvalue weighted by Gasteiger charge is -2.32. The molecule has 0 aromatic heterocycles. The smallest absolute Gasteiger partial charge is 0.183 e. The van der Waals surface area contributed by atoms with Crippen molar-refractivity contribution in [1.82, 2.24) is 5.53 Å². The fourth-order valence-corrected chi connectivity index (χ4v) is 3.27. The van der Waals surface area contributed by atoms with Crippen LogP contribution in [0.25, 0.3) is 0 Å². The van der Waals surface area contributed by atoms with Crippen molar-refractivity contribution < 1.29 is 0 Å². The van der Waals surface area contributed by atoms with Gasteiger partial charge in [0.05, 0.1) is 11.4 Å². The molecule has 0 saturated heterocycles. The van der Waals surface area contributed by atoms with Crippen LogP contribution in [0.5, 0.6) is 0 Å². The zero-order chi connectivity index (χ0) is 18.1. The Hall–Kier alpha value is -3.27. The molecule has 0 fully saturated rings. The molecule has 0 amide bonds. The van der Waals surface area contributed by atoms with Crippen molar-refractivity contribution in [1.29, 1.82) is 0 Å². The summed E-state index contributed by atoms with van der Waals surface area (Å²) in [6, 6.07) is 25.0. The Kier molecular flexibility index (Phi) is 4.09. The largest absolute Gasteiger partial charge is 0.213 e. The molecule has 130 valence electrons. The highest BCUT2D eigenvalue weighted by atomic mass is 15.9. The van der Waals surface area contributed by atoms with Gasteiger partial charge in [-0.15, -0.1) is 5.10 Å². The standard InChI is InChI=1S/C22H22N4/c1-16-10-4-7-13-19(16)22-23-24-26(21-15-9-6-12-18(21)3)25(22)20-14-8-5-11-17(20)2/h4-15,24H,1-3H3. The van der Waals surface area contributed by atoms with Crippen LogP contribution in [0.4, 0.5) is 11.4 Å². The number of anilines is 2. The van der Waals surface area contributed by atoms with E-state index in [0.29, 0.717) is 0 Å². The first kappa shape index (κ1) is 16.2. The highest BCUT2D eigenvalue weighted by molar-refractivity contribution is 6.13. The number of rotatable bonds is 3. The van der Waals surface area contributed by atoms with Crippen molar-refractivity contribution in [2.45, 2.75) is 20.8 Å². The summed E-state index contributed by atoms with van der Waals surface area (Å²) >= 11 is 0. The number of para-hydroxylation sites is 2. The van der Waals surface area contributed by atoms with E-state index in [9.17, 15) is 0 Å². The Morgan fingerprint density at radius 2 is 1.19 bits per heavy atom. The van der Waals surface area contributed by atoms with E-state index in [1.807, 2.05) is 11.2 Å². The van der Waals surface area contributed by atoms with Crippen molar-refractivity contribution >= 4 is 17.2 Å². The highest BCUT2D eigenvalue weighted by Crippen LogP contribution is 2.31. The lowest BCUT2D eigenvalue weighted by atomic mass is 10.1. The predicted octanol–water partition coefficient (Wildman–Crippen LogP) is 4.72. The van der Waals surface area contributed by atoms with Gasteiger partial charge in [0.1, 0.15) is 0 Å². The molecule has 3 aromatic rings. The Morgan fingerprint density at radius 1 is 0.654 bits per heavy atom. The molecule has 1 aliphatic rings. The fourth-order valence-electron chi connectivity index (χ4n) is 3.27. The molecule has 0 saturated carbocycles. The Balaban J connectivity index is 1.87. The summed E-state index contributed by atoms with van der Waals surface area (Å²) in [5.74, 6) is 0.889. The topological polar surface area (TPSA) is 30.9 Å². The monoisotopic (exact) mass is 342 g/mol. The predicted molar refractivity (Wildman–Crippen MR) is 108 cm³/mol. The molecule has 0 radical (unpaired) electrons. The average molecular weight is 342 g/mol. The molecule has 0 aliphatic carbocycles. The maximum absolute atomic E-state index is 4.68. The van der Waals surface area contributed by atoms with E-state index in [0.717, 1.165) is 22.8 Å². The molecular formula is C22H22N4. The molecule has 3 aromatic carbocycles. The number of hydrogen-bond donors (Lipinski definition) is 1. The highest BCUT2D eigenvalue weighted by Gasteiger charge is 2.31. The Labute approximate surface area is 154 Å². The van der Waals surface area contributed by atoms with Crippen molar-refractivity contribution in [3.05, 3.63) is 95.1 Å². The van der Waals surface area contributed by atoms with Gasteiger partial charge in [-0.05, 0) is 49.6 Å². The molecule has 4 rings (SSSR count). The minimum atomic E-state index is 0.889. The number of hydrazone groups is 1. The summed E-state index contributed by atoms with van der Waals surface area (Å²) in [6.07, 6.45) is 0. The lowest BCUT2D eigenvalue weighted by Crippen LogP contribution is -2.47. The summed E-state index contributed by atoms with van der Waals surface area (Å²) in [6.45, 7) is 6.35. The lowest BCUT2D eigenvalue weighted by molar-refractivity contribution is 0.720. The van der Waals surface area contributed by atoms with Gasteiger partial charge >= 0.3 is 0 Å². The molecule has 4 heteroatoms. The third kappa shape index (κ3) is 2.69. The minimum absolute atomic E-state index is 0.889. The fraction of sp³-hybridized carbons (Fsp3) is 0.136. The van der Waals surface area contributed by atoms with E-state index in [1.165, 1.54) is 16.7 Å². The first-order valence-corrected chi connectivity index (χ1v) is 8.77. The van der Waals surface area contributed by atoms with Crippen LogP contribution in [0.15, 0.2) is 77.9 Å². The molecule has 1 heterocycles. The first-order chi connectivity index (χ1) is 12.7. The van der Waals surface area contributed by atoms with Crippen LogP contribution in [0.1, 0.15) is 22.3 Å². The summed E-state index contributed by atoms with van der Waals surface area (Å²) in [4.78, 5) is 0. The van der Waals surface area contributed by atoms with Gasteiger partial charge in [0.2, 0.25) is 0 Å². The maximum Gasteiger partial charge on any atom is 0.183 e. The van der Waals surface area contributed by atoms with Gasteiger partial charge < -0.3 is 0 Å². The van der Waals surface area contributed by atoms with Gasteiger partial charge in [-0.25, -0.2) is 5.01 Å². The molecule has 0 atom stereocenters. The van der Waals surface area contributed by atoms with Gasteiger partial charge in [0.25, 0.3) is 0 Å². The SMILES string of the molecule is Cc1ccccc1C1=NNN(c2ccccc2C)N1c1ccccc1C. The van der Waals surface area contributed by atoms with Gasteiger partial charge in [-0.1, -0.05) is 60.7 Å². The number of nitrogens with zero attached hydrogens (tertiary/aromatic N) is 3. The summed E-state index contributed by atoms with van der Waals surface area (Å²) in [5, 5.41) is 8.85. The third-order valence-corrected chi connectivity index (χ3v) is 4.72. The molecule has 1 aliphatic heterocycles. The van der Waals surface area contributed by atoms with Crippen LogP contribution >= 0.6 is 0 Å². The number of hydrogen-bond acceptors (Lipinski definition) is 4. The zero-order valence-electron chi connectivity index (χ0n) is 15.3. The van der Waals surface area contributed by atoms with Crippen molar-refractivity contribution in [2.75, 3.05) is 10.1 Å². The van der Waals surface area contributed by atoms with E-state index >= 15 is 0 Å². The summed E-state index contributed by atoms with van der Waals surface area (Å²) in [5.41, 5.74) is 10.1. The molecule has 4 nitrogen and oxygen atoms in total. The molecule has 1 N–H and O–H groups in total. The van der Waals surface area contributed by atoms with Crippen LogP contribution in [-0.2, 0) is 0 Å². The summed E-state index contributed by atoms with van der Waals surface area (Å²) in [7, 11) is 0. The van der Waals surface area contributed by atoms with E-state index in [4.69, 9.17) is 0 Å². The van der Waals surface area contributed by atoms with Gasteiger partial charge in [-0.3, -0.25) is 0 Å². The van der Waals surface area contributed by atoms with Crippen molar-refractivity contribution in [2.24, 2.45) is 5.10 Å². The van der Waals surface area contributed by atoms with Gasteiger partial charge in [0, 0.05) is 5.56 Å². The maximum atomic E-state index is 4.68. The van der Waals surface area contributed by atoms with Crippen LogP contribution < -0.4 is 15.7 Å². The Bertz CT molecular complexity index is 977. The average Bonchev–Trinajstić information content (AvgIpc) is 3.07. The third-order valence-electron chi connectivity index (χ3n) is 4.72. The molecule has 0 spiro atoms.